The van der Waals surface area contributed by atoms with Crippen LogP contribution in [0.3, 0.4) is 0 Å². The van der Waals surface area contributed by atoms with Crippen molar-refractivity contribution in [3.05, 3.63) is 36.6 Å². The van der Waals surface area contributed by atoms with E-state index in [0.29, 0.717) is 5.57 Å². The molecule has 0 fully saturated rings. The Hall–Kier alpha value is -1.11. The van der Waals surface area contributed by atoms with Crippen molar-refractivity contribution in [3.8, 4) is 0 Å². The third kappa shape index (κ3) is 3.19. The fourth-order valence-electron chi connectivity index (χ4n) is 1.45. The molecule has 1 rings (SSSR count). The lowest BCUT2D eigenvalue weighted by atomic mass is 10.2. The quantitative estimate of drug-likeness (QED) is 0.706. The highest BCUT2D eigenvalue weighted by Crippen LogP contribution is 2.18. The molecule has 2 N–H and O–H groups in total. The lowest BCUT2D eigenvalue weighted by Gasteiger charge is -2.30. The first-order valence-corrected chi connectivity index (χ1v) is 6.27. The highest BCUT2D eigenvalue weighted by atomic mass is 32.2. The molecule has 0 aromatic carbocycles. The van der Waals surface area contributed by atoms with Crippen LogP contribution < -0.4 is 0 Å². The maximum absolute atomic E-state index is 11.2. The van der Waals surface area contributed by atoms with Gasteiger partial charge in [-0.2, -0.15) is 8.42 Å². The van der Waals surface area contributed by atoms with Gasteiger partial charge >= 0.3 is 0 Å². The standard InChI is InChI=1S/C10H15NO4S/c1-3-9-4-5-11(7-8(2)12)10(6-9)16(13,14)15/h3-6,8,10,12H,1,7H2,2H3,(H,13,14,15). The van der Waals surface area contributed by atoms with E-state index >= 15 is 0 Å². The van der Waals surface area contributed by atoms with Crippen LogP contribution in [-0.2, 0) is 10.1 Å². The van der Waals surface area contributed by atoms with Crippen molar-refractivity contribution in [1.29, 1.82) is 0 Å². The number of aliphatic hydroxyl groups excluding tert-OH is 1. The smallest absolute Gasteiger partial charge is 0.290 e. The normalized spacial score (nSPS) is 22.8. The van der Waals surface area contributed by atoms with Crippen LogP contribution in [0, 0.1) is 0 Å². The number of aliphatic hydroxyl groups is 1. The molecule has 1 aliphatic rings. The Morgan fingerprint density at radius 3 is 2.75 bits per heavy atom. The summed E-state index contributed by atoms with van der Waals surface area (Å²) in [6.45, 7) is 5.19. The van der Waals surface area contributed by atoms with Gasteiger partial charge in [-0.15, -0.1) is 0 Å². The number of hydrogen-bond acceptors (Lipinski definition) is 4. The van der Waals surface area contributed by atoms with Gasteiger partial charge in [0.25, 0.3) is 10.1 Å². The Balaban J connectivity index is 3.00. The minimum absolute atomic E-state index is 0.127. The zero-order chi connectivity index (χ0) is 12.3. The lowest BCUT2D eigenvalue weighted by Crippen LogP contribution is -2.41. The van der Waals surface area contributed by atoms with Gasteiger partial charge in [-0.05, 0) is 24.6 Å². The van der Waals surface area contributed by atoms with Gasteiger partial charge in [0.05, 0.1) is 6.10 Å². The predicted molar refractivity (Wildman–Crippen MR) is 61.1 cm³/mol. The number of allylic oxidation sites excluding steroid dienone is 3. The first-order chi connectivity index (χ1) is 7.34. The molecule has 0 saturated carbocycles. The molecule has 2 unspecified atom stereocenters. The maximum Gasteiger partial charge on any atom is 0.290 e. The van der Waals surface area contributed by atoms with E-state index in [1.807, 2.05) is 0 Å². The van der Waals surface area contributed by atoms with E-state index in [4.69, 9.17) is 4.55 Å². The Labute approximate surface area is 95.1 Å². The highest BCUT2D eigenvalue weighted by molar-refractivity contribution is 7.86. The largest absolute Gasteiger partial charge is 0.392 e. The van der Waals surface area contributed by atoms with Crippen LogP contribution in [0.15, 0.2) is 36.6 Å². The van der Waals surface area contributed by atoms with E-state index in [2.05, 4.69) is 6.58 Å². The topological polar surface area (TPSA) is 77.8 Å². The molecule has 0 amide bonds. The van der Waals surface area contributed by atoms with Crippen LogP contribution in [0.4, 0.5) is 0 Å². The van der Waals surface area contributed by atoms with Gasteiger partial charge in [0.15, 0.2) is 5.37 Å². The van der Waals surface area contributed by atoms with E-state index < -0.39 is 21.6 Å². The van der Waals surface area contributed by atoms with Gasteiger partial charge in [0.1, 0.15) is 0 Å². The third-order valence-corrected chi connectivity index (χ3v) is 3.15. The Bertz CT molecular complexity index is 422. The molecule has 6 heteroatoms. The molecule has 0 radical (unpaired) electrons. The molecule has 90 valence electrons. The molecule has 5 nitrogen and oxygen atoms in total. The summed E-state index contributed by atoms with van der Waals surface area (Å²) in [6, 6.07) is 0. The molecule has 0 aliphatic carbocycles. The van der Waals surface area contributed by atoms with Gasteiger partial charge in [-0.25, -0.2) is 0 Å². The summed E-state index contributed by atoms with van der Waals surface area (Å²) >= 11 is 0. The third-order valence-electron chi connectivity index (χ3n) is 2.14. The first kappa shape index (κ1) is 13.0. The summed E-state index contributed by atoms with van der Waals surface area (Å²) < 4.78 is 31.4. The van der Waals surface area contributed by atoms with Gasteiger partial charge in [-0.3, -0.25) is 4.55 Å². The Morgan fingerprint density at radius 2 is 2.31 bits per heavy atom. The number of β-amino-alcohol motifs (C(OH)–C–C–N with tert-alkyl or cyclic N) is 1. The first-order valence-electron chi connectivity index (χ1n) is 4.77. The van der Waals surface area contributed by atoms with E-state index in [1.165, 1.54) is 23.3 Å². The van der Waals surface area contributed by atoms with Crippen LogP contribution in [0.25, 0.3) is 0 Å². The summed E-state index contributed by atoms with van der Waals surface area (Å²) in [4.78, 5) is 1.35. The second-order valence-electron chi connectivity index (χ2n) is 3.64. The summed E-state index contributed by atoms with van der Waals surface area (Å²) in [5, 5.41) is 8.05. The minimum Gasteiger partial charge on any atom is -0.392 e. The monoisotopic (exact) mass is 245 g/mol. The fourth-order valence-corrected chi connectivity index (χ4v) is 2.27. The van der Waals surface area contributed by atoms with Crippen molar-refractivity contribution in [2.75, 3.05) is 6.54 Å². The van der Waals surface area contributed by atoms with Crippen molar-refractivity contribution in [1.82, 2.24) is 4.90 Å². The predicted octanol–water partition coefficient (Wildman–Crippen LogP) is 0.523. The molecule has 1 aliphatic heterocycles. The van der Waals surface area contributed by atoms with Crippen molar-refractivity contribution < 1.29 is 18.1 Å². The van der Waals surface area contributed by atoms with Gasteiger partial charge < -0.3 is 10.0 Å². The van der Waals surface area contributed by atoms with Crippen LogP contribution in [0.1, 0.15) is 6.92 Å². The number of nitrogens with zero attached hydrogens (tertiary/aromatic N) is 1. The molecule has 16 heavy (non-hydrogen) atoms. The van der Waals surface area contributed by atoms with E-state index in [9.17, 15) is 13.5 Å². The highest BCUT2D eigenvalue weighted by Gasteiger charge is 2.28. The zero-order valence-corrected chi connectivity index (χ0v) is 9.76. The average molecular weight is 245 g/mol. The van der Waals surface area contributed by atoms with E-state index in [1.54, 1.807) is 13.0 Å². The van der Waals surface area contributed by atoms with Crippen LogP contribution in [0.5, 0.6) is 0 Å². The summed E-state index contributed by atoms with van der Waals surface area (Å²) in [6.07, 6.45) is 5.37. The van der Waals surface area contributed by atoms with Crippen LogP contribution in [-0.4, -0.2) is 41.0 Å². The summed E-state index contributed by atoms with van der Waals surface area (Å²) in [5.74, 6) is 0. The molecule has 0 saturated heterocycles. The fraction of sp³-hybridized carbons (Fsp3) is 0.400. The Morgan fingerprint density at radius 1 is 1.69 bits per heavy atom. The van der Waals surface area contributed by atoms with E-state index in [0.717, 1.165) is 0 Å². The SMILES string of the molecule is C=CC1=CC(S(=O)(=O)O)N(CC(C)O)C=C1. The van der Waals surface area contributed by atoms with E-state index in [-0.39, 0.29) is 6.54 Å². The van der Waals surface area contributed by atoms with Crippen LogP contribution >= 0.6 is 0 Å². The summed E-state index contributed by atoms with van der Waals surface area (Å²) in [7, 11) is -4.22. The van der Waals surface area contributed by atoms with Crippen molar-refractivity contribution >= 4 is 10.1 Å². The minimum atomic E-state index is -4.22. The van der Waals surface area contributed by atoms with Gasteiger partial charge in [0, 0.05) is 12.7 Å². The molecular weight excluding hydrogens is 230 g/mol. The second-order valence-corrected chi connectivity index (χ2v) is 5.15. The molecule has 0 aromatic heterocycles. The molecule has 0 spiro atoms. The van der Waals surface area contributed by atoms with Crippen molar-refractivity contribution in [3.63, 3.8) is 0 Å². The number of hydrogen-bond donors (Lipinski definition) is 2. The van der Waals surface area contributed by atoms with Crippen molar-refractivity contribution in [2.45, 2.75) is 18.4 Å². The second kappa shape index (κ2) is 4.82. The molecule has 2 atom stereocenters. The molecule has 0 bridgehead atoms. The summed E-state index contributed by atoms with van der Waals surface area (Å²) in [5.41, 5.74) is 0.615. The van der Waals surface area contributed by atoms with Crippen LogP contribution in [0.2, 0.25) is 0 Å². The molecular formula is C10H15NO4S. The van der Waals surface area contributed by atoms with Crippen molar-refractivity contribution in [2.24, 2.45) is 0 Å². The molecule has 1 heterocycles. The van der Waals surface area contributed by atoms with Gasteiger partial charge in [0.2, 0.25) is 0 Å². The van der Waals surface area contributed by atoms with Gasteiger partial charge in [-0.1, -0.05) is 12.7 Å². The Kier molecular flexibility index (Phi) is 3.90. The number of rotatable bonds is 4. The average Bonchev–Trinajstić information content (AvgIpc) is 2.15. The maximum atomic E-state index is 11.2. The zero-order valence-electron chi connectivity index (χ0n) is 8.94. The lowest BCUT2D eigenvalue weighted by molar-refractivity contribution is 0.149. The molecule has 0 aromatic rings.